The Kier molecular flexibility index (Phi) is 4.27. The third-order valence-electron chi connectivity index (χ3n) is 2.41. The van der Waals surface area contributed by atoms with Crippen molar-refractivity contribution >= 4 is 50.2 Å². The van der Waals surface area contributed by atoms with Crippen LogP contribution < -0.4 is 10.6 Å². The van der Waals surface area contributed by atoms with Crippen molar-refractivity contribution in [3.63, 3.8) is 0 Å². The van der Waals surface area contributed by atoms with Crippen LogP contribution in [0.1, 0.15) is 13.8 Å². The van der Waals surface area contributed by atoms with Gasteiger partial charge in [0.2, 0.25) is 0 Å². The number of hydrogen-bond acceptors (Lipinski definition) is 2. The van der Waals surface area contributed by atoms with Crippen LogP contribution in [0.25, 0.3) is 10.8 Å². The van der Waals surface area contributed by atoms with Crippen molar-refractivity contribution in [1.82, 2.24) is 10.3 Å². The van der Waals surface area contributed by atoms with E-state index >= 15 is 0 Å². The van der Waals surface area contributed by atoms with Crippen LogP contribution in [0, 0.1) is 0 Å². The van der Waals surface area contributed by atoms with E-state index in [0.29, 0.717) is 10.8 Å². The van der Waals surface area contributed by atoms with E-state index < -0.39 is 0 Å². The molecule has 1 aromatic heterocycles. The van der Waals surface area contributed by atoms with Crippen LogP contribution in [0.5, 0.6) is 0 Å². The fourth-order valence-electron chi connectivity index (χ4n) is 1.66. The lowest BCUT2D eigenvalue weighted by molar-refractivity contribution is 0.250. The topological polar surface area (TPSA) is 54.0 Å². The zero-order valence-electron chi connectivity index (χ0n) is 10.5. The molecule has 0 atom stereocenters. The second-order valence-electron chi connectivity index (χ2n) is 4.43. The fraction of sp³-hybridized carbons (Fsp3) is 0.231. The third kappa shape index (κ3) is 3.58. The molecule has 0 aliphatic rings. The molecule has 100 valence electrons. The molecule has 0 radical (unpaired) electrons. The number of hydrogen-bond donors (Lipinski definition) is 2. The maximum Gasteiger partial charge on any atom is 0.320 e. The molecule has 0 saturated carbocycles. The number of amides is 2. The molecule has 2 amide bonds. The first-order valence-electron chi connectivity index (χ1n) is 5.78. The first-order chi connectivity index (χ1) is 8.95. The molecule has 1 aromatic carbocycles. The molecule has 2 rings (SSSR count). The van der Waals surface area contributed by atoms with Gasteiger partial charge >= 0.3 is 6.03 Å². The van der Waals surface area contributed by atoms with Gasteiger partial charge in [0.05, 0.1) is 5.02 Å². The lowest BCUT2D eigenvalue weighted by Gasteiger charge is -2.10. The molecular weight excluding hydrogens is 330 g/mol. The number of nitrogens with one attached hydrogen (secondary N) is 2. The highest BCUT2D eigenvalue weighted by atomic mass is 79.9. The van der Waals surface area contributed by atoms with E-state index in [1.165, 1.54) is 0 Å². The van der Waals surface area contributed by atoms with Crippen LogP contribution in [0.4, 0.5) is 10.6 Å². The Balaban J connectivity index is 2.29. The average Bonchev–Trinajstić information content (AvgIpc) is 2.26. The number of anilines is 1. The SMILES string of the molecule is CC(C)NC(=O)Nc1cc2cc(Br)cc(Cl)c2cn1. The van der Waals surface area contributed by atoms with Crippen LogP contribution in [-0.2, 0) is 0 Å². The van der Waals surface area contributed by atoms with Crippen molar-refractivity contribution in [3.05, 3.63) is 33.9 Å². The van der Waals surface area contributed by atoms with Gasteiger partial charge in [-0.2, -0.15) is 0 Å². The fourth-order valence-corrected chi connectivity index (χ4v) is 2.54. The van der Waals surface area contributed by atoms with Crippen molar-refractivity contribution in [1.29, 1.82) is 0 Å². The number of fused-ring (bicyclic) bond motifs is 1. The predicted molar refractivity (Wildman–Crippen MR) is 81.7 cm³/mol. The average molecular weight is 343 g/mol. The van der Waals surface area contributed by atoms with Crippen molar-refractivity contribution < 1.29 is 4.79 Å². The molecule has 1 heterocycles. The van der Waals surface area contributed by atoms with Gasteiger partial charge in [-0.15, -0.1) is 0 Å². The normalized spacial score (nSPS) is 10.8. The predicted octanol–water partition coefficient (Wildman–Crippen LogP) is 4.18. The van der Waals surface area contributed by atoms with E-state index in [-0.39, 0.29) is 12.1 Å². The number of aromatic nitrogens is 1. The summed E-state index contributed by atoms with van der Waals surface area (Å²) < 4.78 is 0.883. The molecular formula is C13H13BrClN3O. The van der Waals surface area contributed by atoms with E-state index in [1.807, 2.05) is 26.0 Å². The van der Waals surface area contributed by atoms with Crippen LogP contribution in [0.3, 0.4) is 0 Å². The first-order valence-corrected chi connectivity index (χ1v) is 6.95. The summed E-state index contributed by atoms with van der Waals surface area (Å²) in [5.74, 6) is 0.486. The Hall–Kier alpha value is -1.33. The van der Waals surface area contributed by atoms with Crippen molar-refractivity contribution in [2.45, 2.75) is 19.9 Å². The van der Waals surface area contributed by atoms with Crippen LogP contribution >= 0.6 is 27.5 Å². The molecule has 19 heavy (non-hydrogen) atoms. The summed E-state index contributed by atoms with van der Waals surface area (Å²) in [7, 11) is 0. The quantitative estimate of drug-likeness (QED) is 0.860. The second kappa shape index (κ2) is 5.75. The molecule has 2 aromatic rings. The highest BCUT2D eigenvalue weighted by Crippen LogP contribution is 2.28. The lowest BCUT2D eigenvalue weighted by atomic mass is 10.2. The smallest absolute Gasteiger partial charge is 0.320 e. The van der Waals surface area contributed by atoms with E-state index in [0.717, 1.165) is 15.2 Å². The molecule has 0 spiro atoms. The summed E-state index contributed by atoms with van der Waals surface area (Å²) in [6.07, 6.45) is 1.65. The number of pyridine rings is 1. The number of carbonyl (C=O) groups is 1. The number of carbonyl (C=O) groups excluding carboxylic acids is 1. The van der Waals surface area contributed by atoms with Crippen LogP contribution in [0.15, 0.2) is 28.9 Å². The number of urea groups is 1. The Labute approximate surface area is 124 Å². The standard InChI is InChI=1S/C13H13BrClN3O/c1-7(2)17-13(19)18-12-4-8-3-9(14)5-11(15)10(8)6-16-12/h3-7H,1-2H3,(H2,16,17,18,19). The molecule has 0 aliphatic carbocycles. The molecule has 0 saturated heterocycles. The molecule has 0 unspecified atom stereocenters. The van der Waals surface area contributed by atoms with Gasteiger partial charge in [0.15, 0.2) is 0 Å². The summed E-state index contributed by atoms with van der Waals surface area (Å²) in [6, 6.07) is 5.32. The van der Waals surface area contributed by atoms with Gasteiger partial charge in [-0.05, 0) is 37.4 Å². The van der Waals surface area contributed by atoms with E-state index in [2.05, 4.69) is 31.5 Å². The van der Waals surface area contributed by atoms with Gasteiger partial charge in [0, 0.05) is 22.1 Å². The summed E-state index contributed by atoms with van der Waals surface area (Å²) in [5.41, 5.74) is 0. The Bertz CT molecular complexity index is 631. The zero-order chi connectivity index (χ0) is 14.0. The molecule has 2 N–H and O–H groups in total. The highest BCUT2D eigenvalue weighted by Gasteiger charge is 2.07. The van der Waals surface area contributed by atoms with Crippen molar-refractivity contribution in [2.75, 3.05) is 5.32 Å². The number of halogens is 2. The minimum Gasteiger partial charge on any atom is -0.336 e. The molecule has 0 fully saturated rings. The number of rotatable bonds is 2. The van der Waals surface area contributed by atoms with E-state index in [1.54, 1.807) is 12.3 Å². The highest BCUT2D eigenvalue weighted by molar-refractivity contribution is 9.10. The Morgan fingerprint density at radius 2 is 2.11 bits per heavy atom. The lowest BCUT2D eigenvalue weighted by Crippen LogP contribution is -2.34. The largest absolute Gasteiger partial charge is 0.336 e. The maximum absolute atomic E-state index is 11.6. The molecule has 0 aliphatic heterocycles. The van der Waals surface area contributed by atoms with E-state index in [9.17, 15) is 4.79 Å². The molecule has 4 nitrogen and oxygen atoms in total. The minimum absolute atomic E-state index is 0.0732. The summed E-state index contributed by atoms with van der Waals surface area (Å²) in [5, 5.41) is 7.80. The van der Waals surface area contributed by atoms with Crippen molar-refractivity contribution in [3.8, 4) is 0 Å². The second-order valence-corrected chi connectivity index (χ2v) is 5.75. The van der Waals surface area contributed by atoms with E-state index in [4.69, 9.17) is 11.6 Å². The van der Waals surface area contributed by atoms with Gasteiger partial charge in [0.1, 0.15) is 5.82 Å². The third-order valence-corrected chi connectivity index (χ3v) is 3.18. The Morgan fingerprint density at radius 1 is 1.37 bits per heavy atom. The minimum atomic E-state index is -0.275. The molecule has 0 bridgehead atoms. The number of nitrogens with zero attached hydrogens (tertiary/aromatic N) is 1. The van der Waals surface area contributed by atoms with Crippen molar-refractivity contribution in [2.24, 2.45) is 0 Å². The van der Waals surface area contributed by atoms with Gasteiger partial charge < -0.3 is 5.32 Å². The van der Waals surface area contributed by atoms with Gasteiger partial charge in [0.25, 0.3) is 0 Å². The number of benzene rings is 1. The first kappa shape index (κ1) is 14.1. The Morgan fingerprint density at radius 3 is 2.79 bits per heavy atom. The van der Waals surface area contributed by atoms with Gasteiger partial charge in [-0.1, -0.05) is 27.5 Å². The zero-order valence-corrected chi connectivity index (χ0v) is 12.8. The van der Waals surface area contributed by atoms with Gasteiger partial charge in [-0.25, -0.2) is 9.78 Å². The monoisotopic (exact) mass is 341 g/mol. The molecule has 6 heteroatoms. The summed E-state index contributed by atoms with van der Waals surface area (Å²) in [6.45, 7) is 3.79. The summed E-state index contributed by atoms with van der Waals surface area (Å²) in [4.78, 5) is 15.8. The van der Waals surface area contributed by atoms with Gasteiger partial charge in [-0.3, -0.25) is 5.32 Å². The van der Waals surface area contributed by atoms with Crippen LogP contribution in [-0.4, -0.2) is 17.1 Å². The summed E-state index contributed by atoms with van der Waals surface area (Å²) >= 11 is 9.51. The van der Waals surface area contributed by atoms with Crippen LogP contribution in [0.2, 0.25) is 5.02 Å². The maximum atomic E-state index is 11.6.